The van der Waals surface area contributed by atoms with Crippen LogP contribution in [-0.2, 0) is 17.5 Å². The van der Waals surface area contributed by atoms with Crippen molar-refractivity contribution in [2.24, 2.45) is 5.92 Å². The third kappa shape index (κ3) is 4.34. The highest BCUT2D eigenvalue weighted by molar-refractivity contribution is 5.42. The Morgan fingerprint density at radius 3 is 2.71 bits per heavy atom. The minimum Gasteiger partial charge on any atom is -0.381 e. The SMILES string of the molecule is CC1CN(Cc2ccc(F)c(C(F)(F)F)c2)CC1c1nn2c(C3CCOCC3)ncc2c(=O)[nH]1. The van der Waals surface area contributed by atoms with Gasteiger partial charge in [0.15, 0.2) is 5.52 Å². The normalized spacial score (nSPS) is 22.6. The Kier molecular flexibility index (Phi) is 5.93. The van der Waals surface area contributed by atoms with E-state index in [1.54, 1.807) is 4.52 Å². The van der Waals surface area contributed by atoms with Crippen LogP contribution in [0, 0.1) is 11.7 Å². The van der Waals surface area contributed by atoms with Crippen molar-refractivity contribution in [1.29, 1.82) is 0 Å². The number of alkyl halides is 3. The molecule has 11 heteroatoms. The highest BCUT2D eigenvalue weighted by atomic mass is 19.4. The lowest BCUT2D eigenvalue weighted by molar-refractivity contribution is -0.140. The summed E-state index contributed by atoms with van der Waals surface area (Å²) in [4.78, 5) is 22.1. The van der Waals surface area contributed by atoms with E-state index in [1.165, 1.54) is 12.3 Å². The Bertz CT molecular complexity index is 1250. The first-order chi connectivity index (χ1) is 16.2. The molecule has 0 amide bonds. The zero-order chi connectivity index (χ0) is 24.0. The maximum atomic E-state index is 13.6. The number of H-pyrrole nitrogens is 1. The number of halogens is 4. The number of hydrogen-bond acceptors (Lipinski definition) is 5. The highest BCUT2D eigenvalue weighted by Gasteiger charge is 2.36. The molecule has 2 atom stereocenters. The summed E-state index contributed by atoms with van der Waals surface area (Å²) in [6, 6.07) is 3.10. The van der Waals surface area contributed by atoms with Crippen molar-refractivity contribution < 1.29 is 22.3 Å². The van der Waals surface area contributed by atoms with E-state index in [-0.39, 0.29) is 29.9 Å². The number of aromatic amines is 1. The first-order valence-electron chi connectivity index (χ1n) is 11.3. The molecule has 34 heavy (non-hydrogen) atoms. The van der Waals surface area contributed by atoms with Crippen molar-refractivity contribution in [3.8, 4) is 0 Å². The largest absolute Gasteiger partial charge is 0.419 e. The third-order valence-electron chi connectivity index (χ3n) is 6.81. The Hall–Kier alpha value is -2.79. The van der Waals surface area contributed by atoms with Crippen LogP contribution in [-0.4, -0.2) is 50.8 Å². The van der Waals surface area contributed by atoms with Gasteiger partial charge in [0.1, 0.15) is 17.5 Å². The van der Waals surface area contributed by atoms with Crippen LogP contribution in [0.4, 0.5) is 17.6 Å². The zero-order valence-electron chi connectivity index (χ0n) is 18.6. The van der Waals surface area contributed by atoms with Gasteiger partial charge in [-0.05, 0) is 36.5 Å². The van der Waals surface area contributed by atoms with Crippen molar-refractivity contribution in [3.05, 3.63) is 63.3 Å². The van der Waals surface area contributed by atoms with Crippen molar-refractivity contribution in [2.75, 3.05) is 26.3 Å². The van der Waals surface area contributed by atoms with Gasteiger partial charge < -0.3 is 9.72 Å². The number of imidazole rings is 1. The van der Waals surface area contributed by atoms with Crippen LogP contribution in [0.3, 0.4) is 0 Å². The van der Waals surface area contributed by atoms with Gasteiger partial charge in [-0.3, -0.25) is 9.69 Å². The number of hydrogen-bond donors (Lipinski definition) is 1. The van der Waals surface area contributed by atoms with Crippen LogP contribution >= 0.6 is 0 Å². The maximum absolute atomic E-state index is 13.6. The molecule has 0 saturated carbocycles. The number of rotatable bonds is 4. The fourth-order valence-corrected chi connectivity index (χ4v) is 5.03. The molecule has 4 heterocycles. The van der Waals surface area contributed by atoms with Crippen LogP contribution in [0.2, 0.25) is 0 Å². The molecular formula is C23H25F4N5O2. The molecule has 0 spiro atoms. The predicted octanol–water partition coefficient (Wildman–Crippen LogP) is 3.71. The second kappa shape index (κ2) is 8.77. The molecule has 7 nitrogen and oxygen atoms in total. The Labute approximate surface area is 192 Å². The van der Waals surface area contributed by atoms with Crippen molar-refractivity contribution in [3.63, 3.8) is 0 Å². The fourth-order valence-electron chi connectivity index (χ4n) is 5.03. The topological polar surface area (TPSA) is 75.5 Å². The first-order valence-corrected chi connectivity index (χ1v) is 11.3. The van der Waals surface area contributed by atoms with E-state index in [9.17, 15) is 22.4 Å². The smallest absolute Gasteiger partial charge is 0.381 e. The number of aromatic nitrogens is 4. The molecule has 2 saturated heterocycles. The van der Waals surface area contributed by atoms with E-state index < -0.39 is 17.6 Å². The summed E-state index contributed by atoms with van der Waals surface area (Å²) in [5.74, 6) is 0.174. The van der Waals surface area contributed by atoms with Gasteiger partial charge in [0.25, 0.3) is 5.56 Å². The minimum absolute atomic E-state index is 0.107. The van der Waals surface area contributed by atoms with E-state index in [2.05, 4.69) is 9.97 Å². The van der Waals surface area contributed by atoms with Crippen LogP contribution in [0.15, 0.2) is 29.2 Å². The molecule has 1 aromatic carbocycles. The Morgan fingerprint density at radius 2 is 1.97 bits per heavy atom. The second-order valence-corrected chi connectivity index (χ2v) is 9.23. The number of fused-ring (bicyclic) bond motifs is 1. The number of nitrogens with one attached hydrogen (secondary N) is 1. The van der Waals surface area contributed by atoms with Gasteiger partial charge >= 0.3 is 6.18 Å². The van der Waals surface area contributed by atoms with Crippen LogP contribution in [0.1, 0.15) is 54.4 Å². The summed E-state index contributed by atoms with van der Waals surface area (Å²) in [5, 5.41) is 4.74. The molecule has 0 bridgehead atoms. The van der Waals surface area contributed by atoms with Gasteiger partial charge in [0.2, 0.25) is 0 Å². The summed E-state index contributed by atoms with van der Waals surface area (Å²) >= 11 is 0. The van der Waals surface area contributed by atoms with Crippen molar-refractivity contribution in [2.45, 2.75) is 44.3 Å². The summed E-state index contributed by atoms with van der Waals surface area (Å²) in [5.41, 5.74) is -0.755. The monoisotopic (exact) mass is 479 g/mol. The molecule has 3 aromatic rings. The third-order valence-corrected chi connectivity index (χ3v) is 6.81. The lowest BCUT2D eigenvalue weighted by Gasteiger charge is -2.21. The first kappa shape index (κ1) is 23.0. The fraction of sp³-hybridized carbons (Fsp3) is 0.522. The van der Waals surface area contributed by atoms with Gasteiger partial charge in [-0.25, -0.2) is 13.9 Å². The molecule has 0 radical (unpaired) electrons. The molecular weight excluding hydrogens is 454 g/mol. The van der Waals surface area contributed by atoms with E-state index in [4.69, 9.17) is 9.84 Å². The number of likely N-dealkylation sites (tertiary alicyclic amines) is 1. The Balaban J connectivity index is 1.39. The molecule has 1 N–H and O–H groups in total. The summed E-state index contributed by atoms with van der Waals surface area (Å²) in [6.07, 6.45) is -1.58. The van der Waals surface area contributed by atoms with Gasteiger partial charge in [0.05, 0.1) is 11.8 Å². The quantitative estimate of drug-likeness (QED) is 0.578. The minimum atomic E-state index is -4.74. The van der Waals surface area contributed by atoms with E-state index in [0.29, 0.717) is 43.2 Å². The standard InChI is InChI=1S/C23H25F4N5O2/c1-13-10-31(11-14-2-3-18(24)17(8-14)23(25,26)27)12-16(13)20-29-22(33)19-9-28-21(32(19)30-20)15-4-6-34-7-5-15/h2-3,8-9,13,15-16H,4-7,10-12H2,1H3,(H,29,30,33). The summed E-state index contributed by atoms with van der Waals surface area (Å²) in [7, 11) is 0. The van der Waals surface area contributed by atoms with Crippen molar-refractivity contribution in [1.82, 2.24) is 24.5 Å². The summed E-state index contributed by atoms with van der Waals surface area (Å²) in [6.45, 7) is 4.67. The maximum Gasteiger partial charge on any atom is 0.419 e. The van der Waals surface area contributed by atoms with Gasteiger partial charge in [-0.2, -0.15) is 18.3 Å². The number of nitrogens with zero attached hydrogens (tertiary/aromatic N) is 4. The van der Waals surface area contributed by atoms with Gasteiger partial charge in [-0.15, -0.1) is 0 Å². The van der Waals surface area contributed by atoms with Crippen LogP contribution in [0.5, 0.6) is 0 Å². The van der Waals surface area contributed by atoms with E-state index in [0.717, 1.165) is 30.8 Å². The van der Waals surface area contributed by atoms with E-state index >= 15 is 0 Å². The number of benzene rings is 1. The molecule has 2 aromatic heterocycles. The average molecular weight is 479 g/mol. The number of ether oxygens (including phenoxy) is 1. The molecule has 2 aliphatic heterocycles. The van der Waals surface area contributed by atoms with Crippen LogP contribution < -0.4 is 5.56 Å². The molecule has 5 rings (SSSR count). The zero-order valence-corrected chi connectivity index (χ0v) is 18.6. The van der Waals surface area contributed by atoms with Gasteiger partial charge in [-0.1, -0.05) is 13.0 Å². The van der Waals surface area contributed by atoms with Crippen molar-refractivity contribution >= 4 is 5.52 Å². The lowest BCUT2D eigenvalue weighted by atomic mass is 9.97. The molecule has 2 fully saturated rings. The predicted molar refractivity (Wildman–Crippen MR) is 115 cm³/mol. The lowest BCUT2D eigenvalue weighted by Crippen LogP contribution is -2.24. The van der Waals surface area contributed by atoms with Gasteiger partial charge in [0, 0.05) is 44.7 Å². The summed E-state index contributed by atoms with van der Waals surface area (Å²) < 4.78 is 60.0. The molecule has 182 valence electrons. The van der Waals surface area contributed by atoms with Crippen LogP contribution in [0.25, 0.3) is 5.52 Å². The van der Waals surface area contributed by atoms with E-state index in [1.807, 2.05) is 11.8 Å². The molecule has 2 aliphatic rings. The highest BCUT2D eigenvalue weighted by Crippen LogP contribution is 2.34. The molecule has 0 aliphatic carbocycles. The average Bonchev–Trinajstić information content (AvgIpc) is 3.38. The molecule has 2 unspecified atom stereocenters. The second-order valence-electron chi connectivity index (χ2n) is 9.23. The Morgan fingerprint density at radius 1 is 1.21 bits per heavy atom.